The molecular formula is H12AlLiO10S2. The minimum atomic E-state index is -4.67. The standard InChI is InChI=1S/Al.Li.2H2O4S.2H2O.4H/c;;2*1-5(2,3)4;;;;;;/h;;2*(H2,1,2,3,4);2*1H2;;;;/q;+1;;;;;;;;-1. The molecule has 0 rings (SSSR count). The molecule has 0 aliphatic rings. The molecule has 0 saturated carbocycles. The van der Waals surface area contributed by atoms with Gasteiger partial charge in [0.1, 0.15) is 0 Å². The molecule has 14 heteroatoms. The van der Waals surface area contributed by atoms with E-state index in [1.165, 1.54) is 0 Å². The second kappa shape index (κ2) is 13.8. The Morgan fingerprint density at radius 2 is 0.714 bits per heavy atom. The van der Waals surface area contributed by atoms with Gasteiger partial charge in [-0.05, 0) is 0 Å². The second-order valence-electron chi connectivity index (χ2n) is 0.896. The van der Waals surface area contributed by atoms with Crippen LogP contribution in [0.4, 0.5) is 0 Å². The van der Waals surface area contributed by atoms with Crippen molar-refractivity contribution in [1.29, 1.82) is 0 Å². The van der Waals surface area contributed by atoms with E-state index in [-0.39, 0.29) is 48.6 Å². The van der Waals surface area contributed by atoms with Gasteiger partial charge in [0.2, 0.25) is 0 Å². The molecule has 0 unspecified atom stereocenters. The SMILES string of the molecule is O.O.O=S(=O)(O)O.O=S(=O)(O)O.[AlH3].[H-].[Li+]. The molecular weight excluding hydrogens is 258 g/mol. The van der Waals surface area contributed by atoms with Crippen molar-refractivity contribution in [1.82, 2.24) is 0 Å². The van der Waals surface area contributed by atoms with E-state index in [1.54, 1.807) is 0 Å². The molecule has 0 bridgehead atoms. The maximum Gasteiger partial charge on any atom is 1.00 e. The Kier molecular flexibility index (Phi) is 35.9. The van der Waals surface area contributed by atoms with Crippen LogP contribution in [-0.2, 0) is 20.8 Å². The molecule has 0 aliphatic carbocycles. The summed E-state index contributed by atoms with van der Waals surface area (Å²) in [6, 6.07) is 0. The Labute approximate surface area is 104 Å². The van der Waals surface area contributed by atoms with Crippen LogP contribution in [0.15, 0.2) is 0 Å². The van der Waals surface area contributed by atoms with Gasteiger partial charge in [-0.25, -0.2) is 0 Å². The molecule has 0 heterocycles. The van der Waals surface area contributed by atoms with Crippen LogP contribution in [0.1, 0.15) is 1.43 Å². The average molecular weight is 270 g/mol. The monoisotopic (exact) mass is 270 g/mol. The smallest absolute Gasteiger partial charge is 1.00 e. The van der Waals surface area contributed by atoms with Crippen LogP contribution < -0.4 is 18.9 Å². The molecule has 88 valence electrons. The molecule has 10 nitrogen and oxygen atoms in total. The Hall–Kier alpha value is 0.790. The number of hydrogen-bond donors (Lipinski definition) is 4. The molecule has 0 aliphatic heterocycles. The van der Waals surface area contributed by atoms with Gasteiger partial charge in [-0.1, -0.05) is 0 Å². The molecule has 14 heavy (non-hydrogen) atoms. The number of hydrogen-bond acceptors (Lipinski definition) is 4. The summed E-state index contributed by atoms with van der Waals surface area (Å²) >= 11 is 0. The largest absolute Gasteiger partial charge is 1.00 e. The molecule has 0 aromatic carbocycles. The van der Waals surface area contributed by atoms with Crippen molar-refractivity contribution >= 4 is 38.2 Å². The molecule has 0 fully saturated rings. The Morgan fingerprint density at radius 3 is 0.714 bits per heavy atom. The zero-order valence-electron chi connectivity index (χ0n) is 7.24. The summed E-state index contributed by atoms with van der Waals surface area (Å²) in [4.78, 5) is 0. The van der Waals surface area contributed by atoms with Gasteiger partial charge >= 0.3 is 39.7 Å². The van der Waals surface area contributed by atoms with Gasteiger partial charge < -0.3 is 12.4 Å². The van der Waals surface area contributed by atoms with E-state index in [4.69, 9.17) is 35.0 Å². The van der Waals surface area contributed by atoms with Crippen molar-refractivity contribution < 1.29 is 66.3 Å². The summed E-state index contributed by atoms with van der Waals surface area (Å²) in [7, 11) is -9.33. The topological polar surface area (TPSA) is 212 Å². The Balaban J connectivity index is -0.0000000128. The van der Waals surface area contributed by atoms with Gasteiger partial charge in [-0.15, -0.1) is 0 Å². The Morgan fingerprint density at radius 1 is 0.714 bits per heavy atom. The van der Waals surface area contributed by atoms with Crippen molar-refractivity contribution in [3.8, 4) is 0 Å². The van der Waals surface area contributed by atoms with E-state index in [9.17, 15) is 0 Å². The first-order valence-electron chi connectivity index (χ1n) is 1.40. The van der Waals surface area contributed by atoms with Crippen molar-refractivity contribution in [2.24, 2.45) is 0 Å². The predicted molar refractivity (Wildman–Crippen MR) is 46.6 cm³/mol. The summed E-state index contributed by atoms with van der Waals surface area (Å²) < 4.78 is 63.2. The van der Waals surface area contributed by atoms with Crippen molar-refractivity contribution in [2.75, 3.05) is 0 Å². The summed E-state index contributed by atoms with van der Waals surface area (Å²) in [5.74, 6) is 0. The van der Waals surface area contributed by atoms with Crippen LogP contribution >= 0.6 is 0 Å². The fraction of sp³-hybridized carbons (Fsp3) is 0. The zero-order valence-corrected chi connectivity index (χ0v) is 7.87. The third-order valence-electron chi connectivity index (χ3n) is 0. The summed E-state index contributed by atoms with van der Waals surface area (Å²) in [5, 5.41) is 0. The second-order valence-corrected chi connectivity index (χ2v) is 2.69. The van der Waals surface area contributed by atoms with Gasteiger partial charge in [0.15, 0.2) is 17.4 Å². The maximum atomic E-state index is 8.74. The van der Waals surface area contributed by atoms with Crippen LogP contribution in [0, 0.1) is 0 Å². The van der Waals surface area contributed by atoms with Crippen LogP contribution in [0.5, 0.6) is 0 Å². The molecule has 0 amide bonds. The Bertz CT molecular complexity index is 220. The van der Waals surface area contributed by atoms with Gasteiger partial charge in [-0.2, -0.15) is 16.8 Å². The molecule has 0 spiro atoms. The molecule has 0 atom stereocenters. The van der Waals surface area contributed by atoms with Crippen LogP contribution in [0.3, 0.4) is 0 Å². The first-order valence-corrected chi connectivity index (χ1v) is 4.19. The molecule has 0 aromatic rings. The minimum Gasteiger partial charge on any atom is -1.00 e. The third kappa shape index (κ3) is 2850. The van der Waals surface area contributed by atoms with E-state index in [0.717, 1.165) is 0 Å². The quantitative estimate of drug-likeness (QED) is 0.244. The summed E-state index contributed by atoms with van der Waals surface area (Å²) in [5.41, 5.74) is 0. The van der Waals surface area contributed by atoms with Crippen molar-refractivity contribution in [2.45, 2.75) is 0 Å². The molecule has 0 saturated heterocycles. The normalized spacial score (nSPS) is 8.29. The molecule has 8 N–H and O–H groups in total. The fourth-order valence-electron chi connectivity index (χ4n) is 0. The first kappa shape index (κ1) is 36.4. The van der Waals surface area contributed by atoms with Gasteiger partial charge in [0, 0.05) is 0 Å². The number of rotatable bonds is 0. The van der Waals surface area contributed by atoms with Crippen molar-refractivity contribution in [3.05, 3.63) is 0 Å². The van der Waals surface area contributed by atoms with E-state index in [1.807, 2.05) is 0 Å². The maximum absolute atomic E-state index is 8.74. The average Bonchev–Trinajstić information content (AvgIpc) is 1.12. The molecule has 0 radical (unpaired) electrons. The van der Waals surface area contributed by atoms with Crippen LogP contribution in [0.25, 0.3) is 0 Å². The van der Waals surface area contributed by atoms with E-state index in [0.29, 0.717) is 0 Å². The van der Waals surface area contributed by atoms with Gasteiger partial charge in [-0.3, -0.25) is 18.2 Å². The first-order chi connectivity index (χ1) is 4.00. The van der Waals surface area contributed by atoms with E-state index in [2.05, 4.69) is 0 Å². The summed E-state index contributed by atoms with van der Waals surface area (Å²) in [6.07, 6.45) is 0. The summed E-state index contributed by atoms with van der Waals surface area (Å²) in [6.45, 7) is 0. The van der Waals surface area contributed by atoms with Crippen LogP contribution in [0.2, 0.25) is 0 Å². The van der Waals surface area contributed by atoms with E-state index < -0.39 is 20.8 Å². The predicted octanol–water partition coefficient (Wildman–Crippen LogP) is -7.02. The fourth-order valence-corrected chi connectivity index (χ4v) is 0. The van der Waals surface area contributed by atoms with Crippen molar-refractivity contribution in [3.63, 3.8) is 0 Å². The third-order valence-corrected chi connectivity index (χ3v) is 0. The van der Waals surface area contributed by atoms with Gasteiger partial charge in [0.05, 0.1) is 0 Å². The van der Waals surface area contributed by atoms with E-state index >= 15 is 0 Å². The van der Waals surface area contributed by atoms with Gasteiger partial charge in [0.25, 0.3) is 0 Å². The molecule has 0 aromatic heterocycles. The van der Waals surface area contributed by atoms with Crippen LogP contribution in [-0.4, -0.2) is 63.4 Å². The minimum absolute atomic E-state index is 0. The zero-order chi connectivity index (χ0) is 9.00.